The lowest BCUT2D eigenvalue weighted by atomic mass is 9.44. The Hall–Kier alpha value is -0.850. The highest BCUT2D eigenvalue weighted by molar-refractivity contribution is 14.0. The summed E-state index contributed by atoms with van der Waals surface area (Å²) in [6.45, 7) is 7.44. The van der Waals surface area contributed by atoms with Crippen LogP contribution < -0.4 is 0 Å². The molecule has 8 atom stereocenters. The minimum absolute atomic E-state index is 0. The number of ketones is 1. The lowest BCUT2D eigenvalue weighted by Gasteiger charge is -2.61. The number of ether oxygens (including phenoxy) is 1. The third kappa shape index (κ3) is 4.23. The van der Waals surface area contributed by atoms with Gasteiger partial charge in [-0.15, -0.1) is 24.0 Å². The van der Waals surface area contributed by atoms with E-state index in [0.29, 0.717) is 23.7 Å². The number of esters is 1. The van der Waals surface area contributed by atoms with Crippen molar-refractivity contribution in [1.82, 2.24) is 4.90 Å². The molecule has 5 aliphatic rings. The summed E-state index contributed by atoms with van der Waals surface area (Å²) in [6, 6.07) is 0. The number of Topliss-reactive ketones (excluding diaryl/α,β-unsaturated/α-hetero) is 1. The molecule has 0 radical (unpaired) electrons. The van der Waals surface area contributed by atoms with Gasteiger partial charge in [-0.3, -0.25) is 4.79 Å². The van der Waals surface area contributed by atoms with E-state index >= 15 is 0 Å². The van der Waals surface area contributed by atoms with E-state index < -0.39 is 0 Å². The summed E-state index contributed by atoms with van der Waals surface area (Å²) >= 11 is 0. The lowest BCUT2D eigenvalue weighted by molar-refractivity contribution is -0.159. The molecule has 5 rings (SSSR count). The van der Waals surface area contributed by atoms with Crippen molar-refractivity contribution >= 4 is 35.7 Å². The van der Waals surface area contributed by atoms with Crippen molar-refractivity contribution in [2.45, 2.75) is 84.7 Å². The molecular weight excluding hydrogens is 525 g/mol. The first-order valence-electron chi connectivity index (χ1n) is 13.0. The Kier molecular flexibility index (Phi) is 7.12. The highest BCUT2D eigenvalue weighted by atomic mass is 127. The molecule has 1 heterocycles. The van der Waals surface area contributed by atoms with Crippen LogP contribution in [0, 0.1) is 40.4 Å². The second-order valence-electron chi connectivity index (χ2n) is 12.2. The van der Waals surface area contributed by atoms with Crippen LogP contribution in [-0.4, -0.2) is 36.3 Å². The fourth-order valence-corrected chi connectivity index (χ4v) is 9.03. The van der Waals surface area contributed by atoms with Crippen molar-refractivity contribution in [2.24, 2.45) is 40.4 Å². The molecule has 1 aliphatic heterocycles. The molecule has 4 fully saturated rings. The predicted molar refractivity (Wildman–Crippen MR) is 141 cm³/mol. The summed E-state index contributed by atoms with van der Waals surface area (Å²) in [5, 5.41) is 0. The van der Waals surface area contributed by atoms with Gasteiger partial charge >= 0.3 is 5.97 Å². The Bertz CT molecular complexity index is 852. The molecule has 4 saturated carbocycles. The molecule has 0 N–H and O–H groups in total. The van der Waals surface area contributed by atoms with Crippen LogP contribution in [-0.2, 0) is 14.3 Å². The Labute approximate surface area is 217 Å². The van der Waals surface area contributed by atoms with Crippen LogP contribution in [0.25, 0.3) is 0 Å². The largest absolute Gasteiger partial charge is 0.459 e. The molecule has 4 nitrogen and oxygen atoms in total. The SMILES string of the molecule is CC(=O)[C@H]1CC[C@H]2[C@@H]3CC[C@H]4C[C@H](OC(=O)C5=CC=CN(C)C5)CC[C@]4(C)[C@H]3CC[C@]12C.I. The van der Waals surface area contributed by atoms with Gasteiger partial charge in [0.15, 0.2) is 0 Å². The first-order valence-corrected chi connectivity index (χ1v) is 13.0. The van der Waals surface area contributed by atoms with Gasteiger partial charge in [0, 0.05) is 19.5 Å². The van der Waals surface area contributed by atoms with Crippen LogP contribution in [0.5, 0.6) is 0 Å². The van der Waals surface area contributed by atoms with Gasteiger partial charge in [0.05, 0.1) is 5.57 Å². The first kappa shape index (κ1) is 25.2. The Morgan fingerprint density at radius 1 is 1.00 bits per heavy atom. The number of carbonyl (C=O) groups excluding carboxylic acids is 2. The maximum atomic E-state index is 12.7. The third-order valence-electron chi connectivity index (χ3n) is 10.7. The number of likely N-dealkylation sites (N-methyl/N-ethyl adjacent to an activating group) is 1. The smallest absolute Gasteiger partial charge is 0.336 e. The number of hydrogen-bond acceptors (Lipinski definition) is 4. The molecule has 0 aromatic heterocycles. The van der Waals surface area contributed by atoms with Crippen molar-refractivity contribution in [1.29, 1.82) is 0 Å². The molecule has 0 saturated heterocycles. The average Bonchev–Trinajstić information content (AvgIpc) is 3.11. The van der Waals surface area contributed by atoms with E-state index in [1.54, 1.807) is 0 Å². The maximum absolute atomic E-state index is 12.7. The van der Waals surface area contributed by atoms with E-state index in [9.17, 15) is 9.59 Å². The summed E-state index contributed by atoms with van der Waals surface area (Å²) in [4.78, 5) is 27.1. The predicted octanol–water partition coefficient (Wildman–Crippen LogP) is 6.15. The monoisotopic (exact) mass is 567 g/mol. The van der Waals surface area contributed by atoms with Gasteiger partial charge in [-0.1, -0.05) is 13.8 Å². The minimum atomic E-state index is -0.127. The second kappa shape index (κ2) is 9.31. The van der Waals surface area contributed by atoms with Gasteiger partial charge in [0.1, 0.15) is 11.9 Å². The summed E-state index contributed by atoms with van der Waals surface area (Å²) in [6.07, 6.45) is 16.5. The number of allylic oxidation sites excluding steroid dienone is 2. The zero-order valence-corrected chi connectivity index (χ0v) is 23.2. The number of carbonyl (C=O) groups is 2. The summed E-state index contributed by atoms with van der Waals surface area (Å²) in [5.41, 5.74) is 1.37. The highest BCUT2D eigenvalue weighted by Gasteiger charge is 2.60. The van der Waals surface area contributed by atoms with Crippen molar-refractivity contribution < 1.29 is 14.3 Å². The molecule has 0 amide bonds. The van der Waals surface area contributed by atoms with Crippen LogP contribution in [0.3, 0.4) is 0 Å². The molecule has 0 bridgehead atoms. The van der Waals surface area contributed by atoms with Crippen molar-refractivity contribution in [2.75, 3.05) is 13.6 Å². The molecule has 33 heavy (non-hydrogen) atoms. The topological polar surface area (TPSA) is 46.6 Å². The second-order valence-corrected chi connectivity index (χ2v) is 12.2. The van der Waals surface area contributed by atoms with E-state index in [4.69, 9.17) is 4.74 Å². The zero-order valence-electron chi connectivity index (χ0n) is 20.8. The van der Waals surface area contributed by atoms with E-state index in [-0.39, 0.29) is 47.4 Å². The summed E-state index contributed by atoms with van der Waals surface area (Å²) in [7, 11) is 1.99. The van der Waals surface area contributed by atoms with Gasteiger partial charge < -0.3 is 9.64 Å². The van der Waals surface area contributed by atoms with Gasteiger partial charge in [-0.05, 0) is 118 Å². The van der Waals surface area contributed by atoms with Crippen molar-refractivity contribution in [3.05, 3.63) is 23.9 Å². The molecule has 0 aromatic rings. The quantitative estimate of drug-likeness (QED) is 0.303. The van der Waals surface area contributed by atoms with E-state index in [2.05, 4.69) is 13.8 Å². The molecule has 0 spiro atoms. The summed E-state index contributed by atoms with van der Waals surface area (Å²) < 4.78 is 6.03. The zero-order chi connectivity index (χ0) is 22.7. The van der Waals surface area contributed by atoms with E-state index in [0.717, 1.165) is 42.6 Å². The molecule has 4 aliphatic carbocycles. The van der Waals surface area contributed by atoms with Gasteiger partial charge in [-0.25, -0.2) is 4.79 Å². The fourth-order valence-electron chi connectivity index (χ4n) is 9.03. The van der Waals surface area contributed by atoms with E-state index in [1.165, 1.54) is 38.5 Å². The standard InChI is InChI=1S/C28H41NO3.HI/c1-18(30)23-9-10-24-22-8-7-20-16-21(32-26(31)19-6-5-15-29(4)17-19)11-13-27(20,2)25(22)12-14-28(23,24)3;/h5-6,15,20-25H,7-14,16-17H2,1-4H3;1H/t20-,21+,22-,23+,24-,25-,27-,28+;/m0./s1. The molecule has 0 aromatic carbocycles. The molecule has 0 unspecified atom stereocenters. The van der Waals surface area contributed by atoms with Gasteiger partial charge in [-0.2, -0.15) is 0 Å². The first-order chi connectivity index (χ1) is 15.2. The van der Waals surface area contributed by atoms with Gasteiger partial charge in [0.2, 0.25) is 0 Å². The van der Waals surface area contributed by atoms with Crippen molar-refractivity contribution in [3.8, 4) is 0 Å². The Balaban J connectivity index is 0.00000259. The van der Waals surface area contributed by atoms with Gasteiger partial charge in [0.25, 0.3) is 0 Å². The highest BCUT2D eigenvalue weighted by Crippen LogP contribution is 2.67. The number of nitrogens with zero attached hydrogens (tertiary/aromatic N) is 1. The lowest BCUT2D eigenvalue weighted by Crippen LogP contribution is -2.54. The van der Waals surface area contributed by atoms with Crippen LogP contribution in [0.1, 0.15) is 78.6 Å². The summed E-state index contributed by atoms with van der Waals surface area (Å²) in [5.74, 6) is 3.54. The maximum Gasteiger partial charge on any atom is 0.336 e. The fraction of sp³-hybridized carbons (Fsp3) is 0.786. The molecular formula is C28H42INO3. The normalized spacial score (nSPS) is 44.0. The van der Waals surface area contributed by atoms with E-state index in [1.807, 2.05) is 37.2 Å². The third-order valence-corrected chi connectivity index (χ3v) is 10.7. The van der Waals surface area contributed by atoms with Crippen LogP contribution in [0.2, 0.25) is 0 Å². The molecule has 5 heteroatoms. The van der Waals surface area contributed by atoms with Crippen LogP contribution in [0.15, 0.2) is 23.9 Å². The average molecular weight is 568 g/mol. The number of halogens is 1. The number of fused-ring (bicyclic) bond motifs is 5. The van der Waals surface area contributed by atoms with Crippen LogP contribution in [0.4, 0.5) is 0 Å². The van der Waals surface area contributed by atoms with Crippen LogP contribution >= 0.6 is 24.0 Å². The Morgan fingerprint density at radius 2 is 1.73 bits per heavy atom. The number of hydrogen-bond donors (Lipinski definition) is 0. The Morgan fingerprint density at radius 3 is 2.45 bits per heavy atom. The minimum Gasteiger partial charge on any atom is -0.459 e. The molecule has 184 valence electrons. The number of rotatable bonds is 3. The van der Waals surface area contributed by atoms with Crippen molar-refractivity contribution in [3.63, 3.8) is 0 Å².